The molecule has 0 saturated carbocycles. The number of nitrogens with one attached hydrogen (secondary N) is 2. The number of aromatic amines is 1. The largest absolute Gasteiger partial charge is 0.493 e. The maximum atomic E-state index is 12.8. The number of aryl methyl sites for hydroxylation is 1. The van der Waals surface area contributed by atoms with E-state index in [-0.39, 0.29) is 11.8 Å². The maximum Gasteiger partial charge on any atom is 0.220 e. The van der Waals surface area contributed by atoms with Crippen molar-refractivity contribution in [2.24, 2.45) is 0 Å². The summed E-state index contributed by atoms with van der Waals surface area (Å²) in [5.74, 6) is 1.33. The smallest absolute Gasteiger partial charge is 0.220 e. The molecule has 0 bridgehead atoms. The average molecular weight is 423 g/mol. The number of carbonyl (C=O) groups is 1. The van der Waals surface area contributed by atoms with Gasteiger partial charge in [0.2, 0.25) is 5.91 Å². The second kappa shape index (κ2) is 10.9. The molecule has 0 aliphatic carbocycles. The van der Waals surface area contributed by atoms with Crippen molar-refractivity contribution >= 4 is 16.8 Å². The molecule has 2 N–H and O–H groups in total. The molecule has 1 amide bonds. The molecule has 1 unspecified atom stereocenters. The minimum Gasteiger partial charge on any atom is -0.493 e. The van der Waals surface area contributed by atoms with Crippen LogP contribution in [0.4, 0.5) is 0 Å². The number of aromatic nitrogens is 1. The summed E-state index contributed by atoms with van der Waals surface area (Å²) in [4.78, 5) is 16.3. The van der Waals surface area contributed by atoms with E-state index in [2.05, 4.69) is 48.5 Å². The normalized spacial score (nSPS) is 12.0. The van der Waals surface area contributed by atoms with Crippen LogP contribution < -0.4 is 14.8 Å². The number of hydrogen-bond acceptors (Lipinski definition) is 3. The Kier molecular flexibility index (Phi) is 7.99. The van der Waals surface area contributed by atoms with E-state index in [1.54, 1.807) is 14.2 Å². The number of amides is 1. The van der Waals surface area contributed by atoms with Gasteiger partial charge in [-0.15, -0.1) is 0 Å². The van der Waals surface area contributed by atoms with Gasteiger partial charge in [0, 0.05) is 36.0 Å². The Bertz CT molecular complexity index is 1010. The fraction of sp³-hybridized carbons (Fsp3) is 0.423. The second-order valence-electron chi connectivity index (χ2n) is 7.87. The summed E-state index contributed by atoms with van der Waals surface area (Å²) < 4.78 is 10.9. The molecular formula is C26H34N2O3. The van der Waals surface area contributed by atoms with E-state index in [1.165, 1.54) is 5.56 Å². The Morgan fingerprint density at radius 2 is 1.87 bits per heavy atom. The highest BCUT2D eigenvalue weighted by atomic mass is 16.5. The van der Waals surface area contributed by atoms with Crippen molar-refractivity contribution in [3.05, 3.63) is 59.3 Å². The number of ether oxygens (including phenoxy) is 2. The third-order valence-electron chi connectivity index (χ3n) is 5.89. The highest BCUT2D eigenvalue weighted by Crippen LogP contribution is 2.38. The van der Waals surface area contributed by atoms with Crippen LogP contribution in [-0.2, 0) is 11.2 Å². The third kappa shape index (κ3) is 5.22. The number of unbranched alkanes of at least 4 members (excludes halogenated alkanes) is 2. The third-order valence-corrected chi connectivity index (χ3v) is 5.89. The number of fused-ring (bicyclic) bond motifs is 1. The van der Waals surface area contributed by atoms with Gasteiger partial charge in [-0.25, -0.2) is 0 Å². The van der Waals surface area contributed by atoms with Gasteiger partial charge < -0.3 is 19.8 Å². The van der Waals surface area contributed by atoms with E-state index < -0.39 is 0 Å². The zero-order chi connectivity index (χ0) is 22.2. The van der Waals surface area contributed by atoms with Crippen molar-refractivity contribution in [3.8, 4) is 11.5 Å². The first-order valence-electron chi connectivity index (χ1n) is 11.2. The van der Waals surface area contributed by atoms with Crippen LogP contribution in [0.25, 0.3) is 10.9 Å². The van der Waals surface area contributed by atoms with Gasteiger partial charge in [-0.2, -0.15) is 0 Å². The molecule has 0 aliphatic rings. The standard InChI is InChI=1S/C26H34N2O3/c1-5-7-8-14-27-25(29)16-21(19-12-13-23(30-3)24(15-19)31-4)22-17-28-26-18(6-2)10-9-11-20(22)26/h9-13,15,17,21,28H,5-8,14,16H2,1-4H3,(H,27,29). The molecule has 0 spiro atoms. The van der Waals surface area contributed by atoms with E-state index in [0.29, 0.717) is 17.9 Å². The lowest BCUT2D eigenvalue weighted by atomic mass is 9.87. The summed E-state index contributed by atoms with van der Waals surface area (Å²) in [5.41, 5.74) is 4.58. The summed E-state index contributed by atoms with van der Waals surface area (Å²) in [6.07, 6.45) is 6.66. The van der Waals surface area contributed by atoms with Crippen LogP contribution in [-0.4, -0.2) is 31.7 Å². The number of carbonyl (C=O) groups excluding carboxylic acids is 1. The van der Waals surface area contributed by atoms with E-state index in [1.807, 2.05) is 18.2 Å². The van der Waals surface area contributed by atoms with Gasteiger partial charge in [0.05, 0.1) is 14.2 Å². The van der Waals surface area contributed by atoms with E-state index >= 15 is 0 Å². The number of para-hydroxylation sites is 1. The minimum absolute atomic E-state index is 0.0666. The van der Waals surface area contributed by atoms with Crippen LogP contribution >= 0.6 is 0 Å². The summed E-state index contributed by atoms with van der Waals surface area (Å²) in [5, 5.41) is 4.26. The highest BCUT2D eigenvalue weighted by Gasteiger charge is 2.23. The molecule has 3 aromatic rings. The lowest BCUT2D eigenvalue weighted by Crippen LogP contribution is -2.26. The first kappa shape index (κ1) is 22.7. The van der Waals surface area contributed by atoms with Gasteiger partial charge in [-0.05, 0) is 41.7 Å². The van der Waals surface area contributed by atoms with Crippen LogP contribution in [0.15, 0.2) is 42.6 Å². The second-order valence-corrected chi connectivity index (χ2v) is 7.87. The summed E-state index contributed by atoms with van der Waals surface area (Å²) in [6.45, 7) is 5.04. The molecule has 0 radical (unpaired) electrons. The van der Waals surface area contributed by atoms with E-state index in [4.69, 9.17) is 9.47 Å². The molecule has 1 aromatic heterocycles. The van der Waals surface area contributed by atoms with E-state index in [0.717, 1.165) is 54.3 Å². The summed E-state index contributed by atoms with van der Waals surface area (Å²) >= 11 is 0. The number of hydrogen-bond donors (Lipinski definition) is 2. The highest BCUT2D eigenvalue weighted by molar-refractivity contribution is 5.88. The minimum atomic E-state index is -0.0909. The first-order chi connectivity index (χ1) is 15.1. The van der Waals surface area contributed by atoms with Gasteiger partial charge in [0.1, 0.15) is 0 Å². The van der Waals surface area contributed by atoms with Crippen molar-refractivity contribution in [3.63, 3.8) is 0 Å². The molecule has 5 heteroatoms. The number of H-pyrrole nitrogens is 1. The molecule has 1 atom stereocenters. The van der Waals surface area contributed by atoms with Gasteiger partial charge in [0.15, 0.2) is 11.5 Å². The Balaban J connectivity index is 1.98. The van der Waals surface area contributed by atoms with Crippen molar-refractivity contribution in [1.82, 2.24) is 10.3 Å². The quantitative estimate of drug-likeness (QED) is 0.397. The Morgan fingerprint density at radius 3 is 2.58 bits per heavy atom. The summed E-state index contributed by atoms with van der Waals surface area (Å²) in [7, 11) is 3.26. The van der Waals surface area contributed by atoms with Crippen LogP contribution in [0.3, 0.4) is 0 Å². The maximum absolute atomic E-state index is 12.8. The average Bonchev–Trinajstić information content (AvgIpc) is 3.24. The fourth-order valence-corrected chi connectivity index (χ4v) is 4.16. The van der Waals surface area contributed by atoms with Crippen LogP contribution in [0, 0.1) is 0 Å². The molecule has 0 fully saturated rings. The molecule has 2 aromatic carbocycles. The predicted octanol–water partition coefficient (Wildman–Crippen LogP) is 5.58. The molecule has 1 heterocycles. The van der Waals surface area contributed by atoms with Crippen LogP contribution in [0.2, 0.25) is 0 Å². The Labute approximate surface area is 185 Å². The lowest BCUT2D eigenvalue weighted by molar-refractivity contribution is -0.121. The van der Waals surface area contributed by atoms with Gasteiger partial charge in [0.25, 0.3) is 0 Å². The lowest BCUT2D eigenvalue weighted by Gasteiger charge is -2.19. The number of methoxy groups -OCH3 is 2. The first-order valence-corrected chi connectivity index (χ1v) is 11.2. The van der Waals surface area contributed by atoms with Crippen molar-refractivity contribution in [2.75, 3.05) is 20.8 Å². The van der Waals surface area contributed by atoms with Crippen molar-refractivity contribution in [2.45, 2.75) is 51.9 Å². The van der Waals surface area contributed by atoms with Crippen molar-refractivity contribution < 1.29 is 14.3 Å². The molecule has 31 heavy (non-hydrogen) atoms. The number of benzene rings is 2. The molecule has 3 rings (SSSR count). The molecule has 5 nitrogen and oxygen atoms in total. The monoisotopic (exact) mass is 422 g/mol. The molecule has 0 aliphatic heterocycles. The van der Waals surface area contributed by atoms with Crippen molar-refractivity contribution in [1.29, 1.82) is 0 Å². The number of rotatable bonds is 11. The topological polar surface area (TPSA) is 63.4 Å². The molecular weight excluding hydrogens is 388 g/mol. The predicted molar refractivity (Wildman–Crippen MR) is 126 cm³/mol. The Morgan fingerprint density at radius 1 is 1.06 bits per heavy atom. The molecule has 166 valence electrons. The SMILES string of the molecule is CCCCCNC(=O)CC(c1ccc(OC)c(OC)c1)c1c[nH]c2c(CC)cccc12. The van der Waals surface area contributed by atoms with Gasteiger partial charge in [-0.3, -0.25) is 4.79 Å². The van der Waals surface area contributed by atoms with E-state index in [9.17, 15) is 4.79 Å². The van der Waals surface area contributed by atoms with Crippen LogP contribution in [0.1, 0.15) is 62.1 Å². The molecule has 0 saturated heterocycles. The zero-order valence-corrected chi connectivity index (χ0v) is 19.1. The Hall–Kier alpha value is -2.95. The fourth-order valence-electron chi connectivity index (χ4n) is 4.16. The van der Waals surface area contributed by atoms with Gasteiger partial charge in [-0.1, -0.05) is 51.0 Å². The van der Waals surface area contributed by atoms with Gasteiger partial charge >= 0.3 is 0 Å². The zero-order valence-electron chi connectivity index (χ0n) is 19.1. The van der Waals surface area contributed by atoms with Crippen LogP contribution in [0.5, 0.6) is 11.5 Å². The summed E-state index contributed by atoms with van der Waals surface area (Å²) in [6, 6.07) is 12.3.